The highest BCUT2D eigenvalue weighted by Crippen LogP contribution is 2.31. The van der Waals surface area contributed by atoms with Crippen molar-refractivity contribution in [3.63, 3.8) is 0 Å². The number of hydrogen-bond acceptors (Lipinski definition) is 4. The molecule has 1 atom stereocenters. The van der Waals surface area contributed by atoms with Crippen LogP contribution in [0.4, 0.5) is 0 Å². The number of ketones is 1. The van der Waals surface area contributed by atoms with Gasteiger partial charge in [0, 0.05) is 4.88 Å². The van der Waals surface area contributed by atoms with Crippen molar-refractivity contribution in [3.8, 4) is 0 Å². The minimum atomic E-state index is -0.0461. The van der Waals surface area contributed by atoms with Crippen LogP contribution in [0, 0.1) is 0 Å². The maximum Gasteiger partial charge on any atom is 0.216 e. The van der Waals surface area contributed by atoms with Gasteiger partial charge in [-0.25, -0.2) is 0 Å². The number of hydrogen-bond donors (Lipinski definition) is 0. The molecule has 3 rings (SSSR count). The second-order valence-corrected chi connectivity index (χ2v) is 5.40. The normalized spacial score (nSPS) is 20.1. The molecular weight excluding hydrogens is 346 g/mol. The Bertz CT molecular complexity index is 521. The molecule has 1 aliphatic carbocycles. The number of aryl methyl sites for hydroxylation is 1. The largest absolute Gasteiger partial charge is 0.291 e. The van der Waals surface area contributed by atoms with Crippen molar-refractivity contribution in [2.24, 2.45) is 0 Å². The molecule has 0 aliphatic heterocycles. The van der Waals surface area contributed by atoms with Crippen molar-refractivity contribution >= 4 is 55.0 Å². The number of thiazole rings is 1. The average molecular weight is 353 g/mol. The van der Waals surface area contributed by atoms with E-state index < -0.39 is 0 Å². The predicted octanol–water partition coefficient (Wildman–Crippen LogP) is 2.26. The first kappa shape index (κ1) is 11.2. The quantitative estimate of drug-likeness (QED) is 0.683. The molecule has 1 aliphatic rings. The fourth-order valence-corrected chi connectivity index (χ4v) is 3.21. The Morgan fingerprint density at radius 3 is 3.20 bits per heavy atom. The topological polar surface area (TPSA) is 47.3 Å². The summed E-state index contributed by atoms with van der Waals surface area (Å²) in [7, 11) is 0. The van der Waals surface area contributed by atoms with E-state index in [-0.39, 0.29) is 27.6 Å². The molecule has 15 heavy (non-hydrogen) atoms. The van der Waals surface area contributed by atoms with Crippen molar-refractivity contribution in [2.45, 2.75) is 17.7 Å². The van der Waals surface area contributed by atoms with Crippen molar-refractivity contribution in [1.29, 1.82) is 0 Å². The third-order valence-corrected chi connectivity index (χ3v) is 4.36. The highest BCUT2D eigenvalue weighted by Gasteiger charge is 2.29. The Hall–Kier alpha value is -0.270. The van der Waals surface area contributed by atoms with Crippen molar-refractivity contribution in [2.75, 3.05) is 0 Å². The summed E-state index contributed by atoms with van der Waals surface area (Å²) in [6.07, 6.45) is 3.43. The lowest BCUT2D eigenvalue weighted by Gasteiger charge is -2.14. The lowest BCUT2D eigenvalue weighted by atomic mass is 10.0. The number of aromatic nitrogens is 3. The van der Waals surface area contributed by atoms with Crippen molar-refractivity contribution in [3.05, 3.63) is 16.9 Å². The first-order valence-electron chi connectivity index (χ1n) is 4.27. The zero-order chi connectivity index (χ0) is 9.71. The van der Waals surface area contributed by atoms with Crippen LogP contribution in [0.2, 0.25) is 0 Å². The number of fused-ring (bicyclic) bond motifs is 3. The van der Waals surface area contributed by atoms with Crippen LogP contribution in [-0.4, -0.2) is 25.2 Å². The molecule has 1 unspecified atom stereocenters. The molecule has 0 fully saturated rings. The van der Waals surface area contributed by atoms with E-state index in [1.54, 1.807) is 22.1 Å². The molecule has 2 aromatic rings. The molecule has 80 valence electrons. The van der Waals surface area contributed by atoms with E-state index in [4.69, 9.17) is 0 Å². The van der Waals surface area contributed by atoms with E-state index in [1.165, 1.54) is 0 Å². The van der Waals surface area contributed by atoms with Gasteiger partial charge in [0.2, 0.25) is 4.96 Å². The summed E-state index contributed by atoms with van der Waals surface area (Å²) in [6, 6.07) is 0. The average Bonchev–Trinajstić information content (AvgIpc) is 2.70. The minimum absolute atomic E-state index is 0. The van der Waals surface area contributed by atoms with Gasteiger partial charge in [-0.15, -0.1) is 27.2 Å². The summed E-state index contributed by atoms with van der Waals surface area (Å²) >= 11 is 4.94. The van der Waals surface area contributed by atoms with Crippen molar-refractivity contribution in [1.82, 2.24) is 14.6 Å². The Labute approximate surface area is 109 Å². The number of nitrogens with zero attached hydrogens (tertiary/aromatic N) is 3. The molecule has 0 spiro atoms. The molecule has 0 bridgehead atoms. The molecule has 0 saturated carbocycles. The number of rotatable bonds is 0. The van der Waals surface area contributed by atoms with Gasteiger partial charge in [-0.3, -0.25) is 9.20 Å². The van der Waals surface area contributed by atoms with E-state index >= 15 is 0 Å². The molecule has 2 aromatic heterocycles. The summed E-state index contributed by atoms with van der Waals surface area (Å²) < 4.78 is 1.79. The zero-order valence-corrected chi connectivity index (χ0v) is 11.6. The van der Waals surface area contributed by atoms with E-state index in [0.717, 1.165) is 28.4 Å². The summed E-state index contributed by atoms with van der Waals surface area (Å²) in [4.78, 5) is 13.8. The van der Waals surface area contributed by atoms with E-state index in [1.807, 2.05) is 0 Å². The summed E-state index contributed by atoms with van der Waals surface area (Å²) in [5, 5.41) is 7.73. The van der Waals surface area contributed by atoms with E-state index in [2.05, 4.69) is 26.1 Å². The monoisotopic (exact) mass is 351 g/mol. The first-order valence-corrected chi connectivity index (χ1v) is 6.00. The van der Waals surface area contributed by atoms with Gasteiger partial charge in [0.15, 0.2) is 5.78 Å². The van der Waals surface area contributed by atoms with Gasteiger partial charge in [0.05, 0.1) is 4.83 Å². The molecule has 0 aromatic carbocycles. The highest BCUT2D eigenvalue weighted by molar-refractivity contribution is 9.10. The van der Waals surface area contributed by atoms with Crippen LogP contribution in [0.25, 0.3) is 4.96 Å². The Morgan fingerprint density at radius 2 is 2.40 bits per heavy atom. The highest BCUT2D eigenvalue weighted by atomic mass is 79.9. The number of halogens is 2. The molecule has 7 heteroatoms. The van der Waals surface area contributed by atoms with Gasteiger partial charge in [-0.1, -0.05) is 27.3 Å². The van der Waals surface area contributed by atoms with Crippen LogP contribution in [0.3, 0.4) is 0 Å². The Morgan fingerprint density at radius 1 is 1.60 bits per heavy atom. The molecule has 0 N–H and O–H groups in total. The van der Waals surface area contributed by atoms with Gasteiger partial charge in [-0.05, 0) is 12.8 Å². The summed E-state index contributed by atoms with van der Waals surface area (Å²) in [5.41, 5.74) is 0.767. The maximum absolute atomic E-state index is 11.9. The zero-order valence-electron chi connectivity index (χ0n) is 7.51. The van der Waals surface area contributed by atoms with Crippen molar-refractivity contribution < 1.29 is 4.79 Å². The van der Waals surface area contributed by atoms with Gasteiger partial charge in [0.1, 0.15) is 12.0 Å². The van der Waals surface area contributed by atoms with Gasteiger partial charge < -0.3 is 0 Å². The lowest BCUT2D eigenvalue weighted by molar-refractivity contribution is 0.0976. The van der Waals surface area contributed by atoms with Crippen LogP contribution >= 0.6 is 44.2 Å². The fraction of sp³-hybridized carbons (Fsp3) is 0.375. The Kier molecular flexibility index (Phi) is 2.96. The molecule has 4 nitrogen and oxygen atoms in total. The molecule has 2 heterocycles. The lowest BCUT2D eigenvalue weighted by Crippen LogP contribution is -2.22. The first-order chi connectivity index (χ1) is 6.77. The van der Waals surface area contributed by atoms with E-state index in [9.17, 15) is 4.79 Å². The second-order valence-electron chi connectivity index (χ2n) is 3.23. The van der Waals surface area contributed by atoms with E-state index in [0.29, 0.717) is 0 Å². The SMILES string of the molecule is Br.O=C1c2c(sc3nncn23)CCC1Br. The molecule has 0 saturated heterocycles. The predicted molar refractivity (Wildman–Crippen MR) is 66.6 cm³/mol. The van der Waals surface area contributed by atoms with Gasteiger partial charge >= 0.3 is 0 Å². The second kappa shape index (κ2) is 3.95. The van der Waals surface area contributed by atoms with Crippen LogP contribution in [0.1, 0.15) is 21.8 Å². The maximum atomic E-state index is 11.9. The molecule has 0 radical (unpaired) electrons. The van der Waals surface area contributed by atoms with Crippen LogP contribution < -0.4 is 0 Å². The summed E-state index contributed by atoms with van der Waals surface area (Å²) in [6.45, 7) is 0. The minimum Gasteiger partial charge on any atom is -0.291 e. The van der Waals surface area contributed by atoms with Crippen LogP contribution in [0.5, 0.6) is 0 Å². The third-order valence-electron chi connectivity index (χ3n) is 2.38. The number of carbonyl (C=O) groups is 1. The summed E-state index contributed by atoms with van der Waals surface area (Å²) in [5.74, 6) is 0.150. The smallest absolute Gasteiger partial charge is 0.216 e. The number of carbonyl (C=O) groups excluding carboxylic acids is 1. The Balaban J connectivity index is 0.000000853. The van der Waals surface area contributed by atoms with Crippen LogP contribution in [0.15, 0.2) is 6.33 Å². The molecule has 0 amide bonds. The number of Topliss-reactive ketones (excluding diaryl/α,β-unsaturated/α-hetero) is 1. The van der Waals surface area contributed by atoms with Gasteiger partial charge in [-0.2, -0.15) is 0 Å². The third kappa shape index (κ3) is 1.57. The fourth-order valence-electron chi connectivity index (χ4n) is 1.70. The van der Waals surface area contributed by atoms with Gasteiger partial charge in [0.25, 0.3) is 0 Å². The molecular formula is C8H7Br2N3OS. The number of alkyl halides is 1. The standard InChI is InChI=1S/C8H6BrN3OS.BrH/c9-4-1-2-5-6(7(4)13)12-3-10-11-8(12)14-5;/h3-4H,1-2H2;1H. The van der Waals surface area contributed by atoms with Crippen LogP contribution in [-0.2, 0) is 6.42 Å².